The largest absolute Gasteiger partial charge is 0.314 e. The Labute approximate surface area is 130 Å². The van der Waals surface area contributed by atoms with Crippen LogP contribution in [0.1, 0.15) is 51.0 Å². The molecule has 1 unspecified atom stereocenters. The minimum Gasteiger partial charge on any atom is -0.314 e. The van der Waals surface area contributed by atoms with E-state index in [1.165, 1.54) is 44.1 Å². The summed E-state index contributed by atoms with van der Waals surface area (Å²) in [6.45, 7) is 3.15. The average molecular weight is 342 g/mol. The number of hydrogen-bond acceptors (Lipinski definition) is 1. The molecule has 0 bridgehead atoms. The third kappa shape index (κ3) is 4.85. The fourth-order valence-electron chi connectivity index (χ4n) is 3.25. The first kappa shape index (κ1) is 16.0. The van der Waals surface area contributed by atoms with Crippen molar-refractivity contribution in [3.8, 4) is 0 Å². The lowest BCUT2D eigenvalue weighted by molar-refractivity contribution is 0.407. The number of rotatable bonds is 7. The molecule has 112 valence electrons. The predicted molar refractivity (Wildman–Crippen MR) is 86.5 cm³/mol. The fraction of sp³-hybridized carbons (Fsp3) is 0.647. The number of hydrogen-bond donors (Lipinski definition) is 1. The summed E-state index contributed by atoms with van der Waals surface area (Å²) in [5, 5.41) is 3.58. The molecule has 0 amide bonds. The first-order valence-corrected chi connectivity index (χ1v) is 8.65. The Bertz CT molecular complexity index is 415. The third-order valence-electron chi connectivity index (χ3n) is 4.36. The van der Waals surface area contributed by atoms with Crippen molar-refractivity contribution in [2.24, 2.45) is 5.92 Å². The van der Waals surface area contributed by atoms with E-state index >= 15 is 0 Å². The van der Waals surface area contributed by atoms with Crippen LogP contribution in [0.4, 0.5) is 4.39 Å². The van der Waals surface area contributed by atoms with Crippen molar-refractivity contribution in [2.45, 2.75) is 57.9 Å². The van der Waals surface area contributed by atoms with Crippen molar-refractivity contribution in [3.05, 3.63) is 34.1 Å². The second-order valence-corrected chi connectivity index (χ2v) is 6.79. The van der Waals surface area contributed by atoms with Crippen molar-refractivity contribution in [3.63, 3.8) is 0 Å². The van der Waals surface area contributed by atoms with Gasteiger partial charge in [-0.2, -0.15) is 0 Å². The second-order valence-electron chi connectivity index (χ2n) is 5.94. The molecule has 1 aliphatic carbocycles. The molecule has 2 rings (SSSR count). The molecular formula is C17H25BrFN. The van der Waals surface area contributed by atoms with Gasteiger partial charge in [-0.25, -0.2) is 4.39 Å². The van der Waals surface area contributed by atoms with Gasteiger partial charge in [0.05, 0.1) is 4.47 Å². The summed E-state index contributed by atoms with van der Waals surface area (Å²) in [5.41, 5.74) is 1.20. The van der Waals surface area contributed by atoms with Crippen LogP contribution in [-0.2, 0) is 6.42 Å². The molecule has 1 N–H and O–H groups in total. The highest BCUT2D eigenvalue weighted by molar-refractivity contribution is 9.10. The lowest BCUT2D eigenvalue weighted by Gasteiger charge is -2.20. The topological polar surface area (TPSA) is 12.0 Å². The molecule has 0 heterocycles. The highest BCUT2D eigenvalue weighted by atomic mass is 79.9. The van der Waals surface area contributed by atoms with Crippen LogP contribution in [0.2, 0.25) is 0 Å². The van der Waals surface area contributed by atoms with Gasteiger partial charge in [0, 0.05) is 6.04 Å². The molecule has 3 heteroatoms. The van der Waals surface area contributed by atoms with Gasteiger partial charge in [-0.1, -0.05) is 38.7 Å². The van der Waals surface area contributed by atoms with Crippen molar-refractivity contribution >= 4 is 15.9 Å². The maximum atomic E-state index is 13.3. The van der Waals surface area contributed by atoms with E-state index in [0.717, 1.165) is 18.9 Å². The Morgan fingerprint density at radius 1 is 1.35 bits per heavy atom. The molecule has 20 heavy (non-hydrogen) atoms. The van der Waals surface area contributed by atoms with Gasteiger partial charge in [0.2, 0.25) is 0 Å². The maximum Gasteiger partial charge on any atom is 0.137 e. The SMILES string of the molecule is CCNC(CCC1CCCC1)Cc1ccc(F)c(Br)c1. The Kier molecular flexibility index (Phi) is 6.50. The van der Waals surface area contributed by atoms with Gasteiger partial charge < -0.3 is 5.32 Å². The molecule has 1 atom stereocenters. The molecule has 0 spiro atoms. The molecule has 1 aliphatic rings. The summed E-state index contributed by atoms with van der Waals surface area (Å²) in [4.78, 5) is 0. The highest BCUT2D eigenvalue weighted by Crippen LogP contribution is 2.29. The van der Waals surface area contributed by atoms with E-state index in [1.54, 1.807) is 6.07 Å². The van der Waals surface area contributed by atoms with Crippen LogP contribution in [0, 0.1) is 11.7 Å². The minimum absolute atomic E-state index is 0.181. The van der Waals surface area contributed by atoms with E-state index in [9.17, 15) is 4.39 Å². The summed E-state index contributed by atoms with van der Waals surface area (Å²) >= 11 is 3.27. The number of likely N-dealkylation sites (N-methyl/N-ethyl adjacent to an activating group) is 1. The highest BCUT2D eigenvalue weighted by Gasteiger charge is 2.17. The first-order valence-electron chi connectivity index (χ1n) is 7.86. The smallest absolute Gasteiger partial charge is 0.137 e. The maximum absolute atomic E-state index is 13.3. The van der Waals surface area contributed by atoms with Gasteiger partial charge in [0.15, 0.2) is 0 Å². The number of nitrogens with one attached hydrogen (secondary N) is 1. The molecule has 0 saturated heterocycles. The summed E-state index contributed by atoms with van der Waals surface area (Å²) in [7, 11) is 0. The molecule has 1 saturated carbocycles. The zero-order chi connectivity index (χ0) is 14.4. The average Bonchev–Trinajstić information content (AvgIpc) is 2.94. The summed E-state index contributed by atoms with van der Waals surface area (Å²) < 4.78 is 13.8. The normalized spacial score (nSPS) is 17.6. The van der Waals surface area contributed by atoms with Crippen LogP contribution in [0.25, 0.3) is 0 Å². The summed E-state index contributed by atoms with van der Waals surface area (Å²) in [6, 6.07) is 5.88. The molecule has 1 fully saturated rings. The number of halogens is 2. The van der Waals surface area contributed by atoms with E-state index < -0.39 is 0 Å². The van der Waals surface area contributed by atoms with Crippen LogP contribution >= 0.6 is 15.9 Å². The van der Waals surface area contributed by atoms with E-state index in [-0.39, 0.29) is 5.82 Å². The molecule has 0 aliphatic heterocycles. The Balaban J connectivity index is 1.88. The molecule has 1 nitrogen and oxygen atoms in total. The predicted octanol–water partition coefficient (Wildman–Crippen LogP) is 5.08. The second kappa shape index (κ2) is 8.14. The Morgan fingerprint density at radius 2 is 2.10 bits per heavy atom. The molecule has 1 aromatic carbocycles. The van der Waals surface area contributed by atoms with Crippen molar-refractivity contribution in [2.75, 3.05) is 6.54 Å². The van der Waals surface area contributed by atoms with Crippen LogP contribution in [0.3, 0.4) is 0 Å². The summed E-state index contributed by atoms with van der Waals surface area (Å²) in [5.74, 6) is 0.760. The van der Waals surface area contributed by atoms with Gasteiger partial charge in [-0.3, -0.25) is 0 Å². The Hall–Kier alpha value is -0.410. The molecule has 1 aromatic rings. The van der Waals surface area contributed by atoms with Gasteiger partial charge in [0.25, 0.3) is 0 Å². The monoisotopic (exact) mass is 341 g/mol. The molecule has 0 radical (unpaired) electrons. The van der Waals surface area contributed by atoms with Crippen LogP contribution in [-0.4, -0.2) is 12.6 Å². The van der Waals surface area contributed by atoms with Crippen molar-refractivity contribution < 1.29 is 4.39 Å². The van der Waals surface area contributed by atoms with Gasteiger partial charge in [-0.05, 0) is 65.4 Å². The van der Waals surface area contributed by atoms with Crippen LogP contribution in [0.5, 0.6) is 0 Å². The van der Waals surface area contributed by atoms with E-state index in [0.29, 0.717) is 10.5 Å². The lowest BCUT2D eigenvalue weighted by atomic mass is 9.95. The lowest BCUT2D eigenvalue weighted by Crippen LogP contribution is -2.31. The van der Waals surface area contributed by atoms with Crippen molar-refractivity contribution in [1.82, 2.24) is 5.32 Å². The van der Waals surface area contributed by atoms with E-state index in [2.05, 4.69) is 28.2 Å². The van der Waals surface area contributed by atoms with Crippen LogP contribution < -0.4 is 5.32 Å². The van der Waals surface area contributed by atoms with Gasteiger partial charge in [0.1, 0.15) is 5.82 Å². The van der Waals surface area contributed by atoms with Crippen LogP contribution in [0.15, 0.2) is 22.7 Å². The van der Waals surface area contributed by atoms with E-state index in [4.69, 9.17) is 0 Å². The molecular weight excluding hydrogens is 317 g/mol. The first-order chi connectivity index (χ1) is 9.69. The quantitative estimate of drug-likeness (QED) is 0.729. The third-order valence-corrected chi connectivity index (χ3v) is 4.96. The van der Waals surface area contributed by atoms with Gasteiger partial charge in [-0.15, -0.1) is 0 Å². The number of benzene rings is 1. The zero-order valence-corrected chi connectivity index (χ0v) is 13.9. The standard InChI is InChI=1S/C17H25BrFN/c1-2-20-15(9-7-13-5-3-4-6-13)11-14-8-10-17(19)16(18)12-14/h8,10,12-13,15,20H,2-7,9,11H2,1H3. The fourth-order valence-corrected chi connectivity index (χ4v) is 3.68. The molecule has 0 aromatic heterocycles. The van der Waals surface area contributed by atoms with E-state index in [1.807, 2.05) is 12.1 Å². The Morgan fingerprint density at radius 3 is 2.75 bits per heavy atom. The van der Waals surface area contributed by atoms with Crippen molar-refractivity contribution in [1.29, 1.82) is 0 Å². The van der Waals surface area contributed by atoms with Gasteiger partial charge >= 0.3 is 0 Å². The summed E-state index contributed by atoms with van der Waals surface area (Å²) in [6.07, 6.45) is 9.22. The zero-order valence-electron chi connectivity index (χ0n) is 12.3. The minimum atomic E-state index is -0.181.